The van der Waals surface area contributed by atoms with Crippen molar-refractivity contribution in [1.82, 2.24) is 15.6 Å². The minimum Gasteiger partial charge on any atom is -0.381 e. The predicted octanol–water partition coefficient (Wildman–Crippen LogP) is 2.68. The highest BCUT2D eigenvalue weighted by Gasteiger charge is 2.26. The number of carbonyl (C=O) groups is 1. The molecule has 0 aliphatic carbocycles. The van der Waals surface area contributed by atoms with Crippen molar-refractivity contribution in [2.24, 2.45) is 5.92 Å². The number of thiazole rings is 1. The molecule has 1 atom stereocenters. The van der Waals surface area contributed by atoms with Gasteiger partial charge < -0.3 is 15.4 Å². The third-order valence-corrected chi connectivity index (χ3v) is 5.29. The van der Waals surface area contributed by atoms with Gasteiger partial charge in [-0.15, -0.1) is 11.3 Å². The Kier molecular flexibility index (Phi) is 6.99. The number of rotatable bonds is 7. The van der Waals surface area contributed by atoms with Gasteiger partial charge in [-0.3, -0.25) is 4.79 Å². The quantitative estimate of drug-likeness (QED) is 0.802. The summed E-state index contributed by atoms with van der Waals surface area (Å²) in [6, 6.07) is 0.204. The molecule has 1 aromatic rings. The fourth-order valence-electron chi connectivity index (χ4n) is 2.65. The summed E-state index contributed by atoms with van der Waals surface area (Å²) >= 11 is 1.66. The summed E-state index contributed by atoms with van der Waals surface area (Å²) < 4.78 is 5.38. The number of hydrogen-bond donors (Lipinski definition) is 2. The number of aromatic nitrogens is 1. The molecule has 1 amide bonds. The first-order chi connectivity index (χ1) is 11.0. The second kappa shape index (κ2) is 8.76. The van der Waals surface area contributed by atoms with Crippen LogP contribution < -0.4 is 10.6 Å². The molecule has 1 unspecified atom stereocenters. The number of carbonyl (C=O) groups excluding carboxylic acids is 1. The van der Waals surface area contributed by atoms with Gasteiger partial charge in [-0.25, -0.2) is 4.98 Å². The van der Waals surface area contributed by atoms with E-state index in [-0.39, 0.29) is 17.9 Å². The number of ether oxygens (including phenoxy) is 1. The zero-order valence-corrected chi connectivity index (χ0v) is 15.4. The van der Waals surface area contributed by atoms with Crippen molar-refractivity contribution >= 4 is 17.2 Å². The van der Waals surface area contributed by atoms with Crippen LogP contribution in [0.4, 0.5) is 0 Å². The third kappa shape index (κ3) is 5.55. The number of nitrogens with zero attached hydrogens (tertiary/aromatic N) is 1. The molecule has 6 heteroatoms. The fraction of sp³-hybridized carbons (Fsp3) is 0.765. The molecule has 130 valence electrons. The van der Waals surface area contributed by atoms with Crippen LogP contribution in [-0.4, -0.2) is 36.2 Å². The normalized spacial score (nSPS) is 17.7. The van der Waals surface area contributed by atoms with E-state index in [1.54, 1.807) is 11.3 Å². The third-order valence-electron chi connectivity index (χ3n) is 4.09. The minimum atomic E-state index is -0.165. The van der Waals surface area contributed by atoms with E-state index < -0.39 is 0 Å². The molecule has 0 aromatic carbocycles. The van der Waals surface area contributed by atoms with Gasteiger partial charge in [0, 0.05) is 30.6 Å². The molecule has 0 saturated carbocycles. The van der Waals surface area contributed by atoms with Crippen LogP contribution in [0.3, 0.4) is 0 Å². The van der Waals surface area contributed by atoms with Gasteiger partial charge in [-0.05, 0) is 18.8 Å². The van der Waals surface area contributed by atoms with Gasteiger partial charge >= 0.3 is 0 Å². The summed E-state index contributed by atoms with van der Waals surface area (Å²) in [7, 11) is 0. The van der Waals surface area contributed by atoms with E-state index in [0.717, 1.165) is 36.8 Å². The van der Waals surface area contributed by atoms with Crippen LogP contribution in [0, 0.1) is 5.92 Å². The van der Waals surface area contributed by atoms with E-state index in [1.165, 1.54) is 0 Å². The highest BCUT2D eigenvalue weighted by atomic mass is 32.1. The van der Waals surface area contributed by atoms with E-state index in [1.807, 2.05) is 5.38 Å². The molecular formula is C17H29N3O2S. The monoisotopic (exact) mass is 339 g/mol. The van der Waals surface area contributed by atoms with Gasteiger partial charge in [0.25, 0.3) is 0 Å². The zero-order valence-electron chi connectivity index (χ0n) is 14.6. The number of amides is 1. The molecule has 5 nitrogen and oxygen atoms in total. The van der Waals surface area contributed by atoms with Gasteiger partial charge in [-0.2, -0.15) is 0 Å². The molecule has 2 rings (SSSR count). The maximum Gasteiger partial charge on any atom is 0.237 e. The highest BCUT2D eigenvalue weighted by Crippen LogP contribution is 2.19. The van der Waals surface area contributed by atoms with E-state index in [0.29, 0.717) is 18.5 Å². The minimum absolute atomic E-state index is 0.0607. The Labute approximate surface area is 143 Å². The lowest BCUT2D eigenvalue weighted by atomic mass is 10.00. The zero-order chi connectivity index (χ0) is 16.8. The van der Waals surface area contributed by atoms with Gasteiger partial charge in [-0.1, -0.05) is 27.7 Å². The van der Waals surface area contributed by atoms with Crippen molar-refractivity contribution in [1.29, 1.82) is 0 Å². The maximum atomic E-state index is 12.5. The van der Waals surface area contributed by atoms with Crippen LogP contribution >= 0.6 is 11.3 Å². The van der Waals surface area contributed by atoms with Crippen molar-refractivity contribution in [3.05, 3.63) is 16.1 Å². The Balaban J connectivity index is 1.86. The molecule has 1 aromatic heterocycles. The van der Waals surface area contributed by atoms with Crippen molar-refractivity contribution in [2.75, 3.05) is 13.2 Å². The molecule has 0 radical (unpaired) electrons. The standard InChI is InChI=1S/C17H29N3O2S/c1-11(2)15(19-13-5-7-22-8-6-13)16(21)18-9-14-10-23-17(20-14)12(3)4/h10-13,15,19H,5-9H2,1-4H3,(H,18,21). The fourth-order valence-corrected chi connectivity index (χ4v) is 3.48. The van der Waals surface area contributed by atoms with E-state index >= 15 is 0 Å². The van der Waals surface area contributed by atoms with E-state index in [4.69, 9.17) is 4.74 Å². The molecule has 1 aliphatic rings. The molecule has 23 heavy (non-hydrogen) atoms. The lowest BCUT2D eigenvalue weighted by Crippen LogP contribution is -2.52. The maximum absolute atomic E-state index is 12.5. The van der Waals surface area contributed by atoms with Crippen LogP contribution in [0.1, 0.15) is 57.2 Å². The molecule has 1 fully saturated rings. The topological polar surface area (TPSA) is 63.2 Å². The second-order valence-corrected chi connectivity index (χ2v) is 7.71. The van der Waals surface area contributed by atoms with Gasteiger partial charge in [0.15, 0.2) is 0 Å². The lowest BCUT2D eigenvalue weighted by Gasteiger charge is -2.30. The van der Waals surface area contributed by atoms with Crippen molar-refractivity contribution < 1.29 is 9.53 Å². The first kappa shape index (κ1) is 18.4. The number of hydrogen-bond acceptors (Lipinski definition) is 5. The predicted molar refractivity (Wildman–Crippen MR) is 93.7 cm³/mol. The summed E-state index contributed by atoms with van der Waals surface area (Å²) in [5.74, 6) is 0.744. The Morgan fingerprint density at radius 2 is 2.04 bits per heavy atom. The Morgan fingerprint density at radius 3 is 2.61 bits per heavy atom. The first-order valence-electron chi connectivity index (χ1n) is 8.53. The van der Waals surface area contributed by atoms with E-state index in [9.17, 15) is 4.79 Å². The smallest absolute Gasteiger partial charge is 0.237 e. The molecular weight excluding hydrogens is 310 g/mol. The highest BCUT2D eigenvalue weighted by molar-refractivity contribution is 7.09. The Bertz CT molecular complexity index is 496. The lowest BCUT2D eigenvalue weighted by molar-refractivity contribution is -0.124. The van der Waals surface area contributed by atoms with Gasteiger partial charge in [0.05, 0.1) is 23.3 Å². The summed E-state index contributed by atoms with van der Waals surface area (Å²) in [5, 5.41) is 9.69. The summed E-state index contributed by atoms with van der Waals surface area (Å²) in [4.78, 5) is 17.1. The number of nitrogens with one attached hydrogen (secondary N) is 2. The Morgan fingerprint density at radius 1 is 1.35 bits per heavy atom. The van der Waals surface area contributed by atoms with Crippen LogP contribution in [0.15, 0.2) is 5.38 Å². The SMILES string of the molecule is CC(C)c1nc(CNC(=O)C(NC2CCOCC2)C(C)C)cs1. The van der Waals surface area contributed by atoms with Crippen LogP contribution in [-0.2, 0) is 16.1 Å². The average Bonchev–Trinajstić information content (AvgIpc) is 3.00. The molecule has 0 spiro atoms. The van der Waals surface area contributed by atoms with Crippen molar-refractivity contribution in [3.8, 4) is 0 Å². The van der Waals surface area contributed by atoms with Crippen molar-refractivity contribution in [2.45, 2.75) is 65.1 Å². The van der Waals surface area contributed by atoms with Crippen molar-refractivity contribution in [3.63, 3.8) is 0 Å². The first-order valence-corrected chi connectivity index (χ1v) is 9.41. The summed E-state index contributed by atoms with van der Waals surface area (Å²) in [6.07, 6.45) is 1.95. The summed E-state index contributed by atoms with van der Waals surface area (Å²) in [5.41, 5.74) is 0.945. The van der Waals surface area contributed by atoms with Crippen LogP contribution in [0.25, 0.3) is 0 Å². The Hall–Kier alpha value is -0.980. The molecule has 2 N–H and O–H groups in total. The molecule has 0 bridgehead atoms. The molecule has 2 heterocycles. The van der Waals surface area contributed by atoms with Gasteiger partial charge in [0.2, 0.25) is 5.91 Å². The molecule has 1 aliphatic heterocycles. The largest absolute Gasteiger partial charge is 0.381 e. The van der Waals surface area contributed by atoms with Gasteiger partial charge in [0.1, 0.15) is 0 Å². The second-order valence-electron chi connectivity index (χ2n) is 6.82. The summed E-state index contributed by atoms with van der Waals surface area (Å²) in [6.45, 7) is 10.5. The van der Waals surface area contributed by atoms with Crippen LogP contribution in [0.5, 0.6) is 0 Å². The van der Waals surface area contributed by atoms with Crippen LogP contribution in [0.2, 0.25) is 0 Å². The molecule has 1 saturated heterocycles. The average molecular weight is 340 g/mol. The van der Waals surface area contributed by atoms with E-state index in [2.05, 4.69) is 43.3 Å².